The van der Waals surface area contributed by atoms with Crippen LogP contribution in [0, 0.1) is 13.8 Å². The lowest BCUT2D eigenvalue weighted by atomic mass is 10.2. The van der Waals surface area contributed by atoms with E-state index in [1.165, 1.54) is 0 Å². The van der Waals surface area contributed by atoms with Crippen molar-refractivity contribution in [1.82, 2.24) is 4.98 Å². The Morgan fingerprint density at radius 1 is 1.33 bits per heavy atom. The fraction of sp³-hybridized carbons (Fsp3) is 0.500. The highest BCUT2D eigenvalue weighted by atomic mass is 16.1. The highest BCUT2D eigenvalue weighted by molar-refractivity contribution is 5.89. The van der Waals surface area contributed by atoms with Gasteiger partial charge in [0.1, 0.15) is 5.82 Å². The quantitative estimate of drug-likeness (QED) is 0.811. The molecule has 15 heavy (non-hydrogen) atoms. The van der Waals surface area contributed by atoms with Crippen LogP contribution in [-0.2, 0) is 4.79 Å². The third kappa shape index (κ3) is 5.15. The summed E-state index contributed by atoms with van der Waals surface area (Å²) in [5.74, 6) is 0.641. The number of aromatic nitrogens is 1. The first kappa shape index (κ1) is 13.6. The molecule has 84 valence electrons. The molecule has 0 aliphatic rings. The molecule has 3 heteroatoms. The molecule has 0 aliphatic carbocycles. The van der Waals surface area contributed by atoms with Crippen molar-refractivity contribution in [2.75, 3.05) is 5.32 Å². The lowest BCUT2D eigenvalue weighted by molar-refractivity contribution is -0.115. The number of carbonyl (C=O) groups is 1. The van der Waals surface area contributed by atoms with Gasteiger partial charge < -0.3 is 5.32 Å². The summed E-state index contributed by atoms with van der Waals surface area (Å²) in [7, 11) is 0. The molecular weight excluding hydrogens is 188 g/mol. The number of aryl methyl sites for hydroxylation is 2. The third-order valence-electron chi connectivity index (χ3n) is 1.69. The zero-order valence-corrected chi connectivity index (χ0v) is 10.2. The van der Waals surface area contributed by atoms with Gasteiger partial charge in [0.05, 0.1) is 0 Å². The highest BCUT2D eigenvalue weighted by Gasteiger charge is 2.00. The van der Waals surface area contributed by atoms with Crippen molar-refractivity contribution in [2.45, 2.75) is 41.0 Å². The number of carbonyl (C=O) groups excluding carboxylic acids is 1. The maximum Gasteiger partial charge on any atom is 0.225 e. The summed E-state index contributed by atoms with van der Waals surface area (Å²) in [6, 6.07) is 3.84. The van der Waals surface area contributed by atoms with Gasteiger partial charge in [-0.3, -0.25) is 4.79 Å². The van der Waals surface area contributed by atoms with Crippen LogP contribution < -0.4 is 5.32 Å². The third-order valence-corrected chi connectivity index (χ3v) is 1.69. The fourth-order valence-corrected chi connectivity index (χ4v) is 1.14. The molecule has 0 aromatic carbocycles. The summed E-state index contributed by atoms with van der Waals surface area (Å²) in [4.78, 5) is 15.2. The van der Waals surface area contributed by atoms with Gasteiger partial charge in [0, 0.05) is 12.1 Å². The van der Waals surface area contributed by atoms with Gasteiger partial charge in [0.25, 0.3) is 0 Å². The van der Waals surface area contributed by atoms with Crippen LogP contribution in [0.15, 0.2) is 12.1 Å². The molecule has 0 fully saturated rings. The van der Waals surface area contributed by atoms with Crippen LogP contribution in [0.5, 0.6) is 0 Å². The molecule has 0 saturated carbocycles. The summed E-state index contributed by atoms with van der Waals surface area (Å²) < 4.78 is 0. The standard InChI is InChI=1S/C10H14N2O.C2H6/c1-4-10(13)12-9-6-7(2)5-8(3)11-9;1-2/h5-6H,4H2,1-3H3,(H,11,12,13);1-2H3. The minimum absolute atomic E-state index is 0.00231. The van der Waals surface area contributed by atoms with Crippen LogP contribution in [-0.4, -0.2) is 10.9 Å². The van der Waals surface area contributed by atoms with Crippen molar-refractivity contribution in [2.24, 2.45) is 0 Å². The normalized spacial score (nSPS) is 8.87. The Hall–Kier alpha value is -1.38. The predicted octanol–water partition coefficient (Wildman–Crippen LogP) is 3.07. The van der Waals surface area contributed by atoms with E-state index in [0.717, 1.165) is 11.3 Å². The predicted molar refractivity (Wildman–Crippen MR) is 64.0 cm³/mol. The van der Waals surface area contributed by atoms with Crippen LogP contribution in [0.2, 0.25) is 0 Å². The molecule has 0 bridgehead atoms. The number of pyridine rings is 1. The highest BCUT2D eigenvalue weighted by Crippen LogP contribution is 2.08. The Bertz CT molecular complexity index is 301. The number of nitrogens with one attached hydrogen (secondary N) is 1. The van der Waals surface area contributed by atoms with Crippen LogP contribution in [0.4, 0.5) is 5.82 Å². The average Bonchev–Trinajstić information content (AvgIpc) is 2.19. The van der Waals surface area contributed by atoms with Gasteiger partial charge in [-0.1, -0.05) is 20.8 Å². The largest absolute Gasteiger partial charge is 0.311 e. The lowest BCUT2D eigenvalue weighted by Gasteiger charge is -2.04. The molecule has 1 heterocycles. The molecule has 0 saturated heterocycles. The maximum absolute atomic E-state index is 11.1. The zero-order chi connectivity index (χ0) is 11.8. The van der Waals surface area contributed by atoms with E-state index in [4.69, 9.17) is 0 Å². The van der Waals surface area contributed by atoms with Gasteiger partial charge in [-0.2, -0.15) is 0 Å². The van der Waals surface area contributed by atoms with Gasteiger partial charge in [0.2, 0.25) is 5.91 Å². The molecule has 0 radical (unpaired) electrons. The van der Waals surface area contributed by atoms with Crippen molar-refractivity contribution in [3.63, 3.8) is 0 Å². The summed E-state index contributed by atoms with van der Waals surface area (Å²) in [5, 5.41) is 2.72. The monoisotopic (exact) mass is 208 g/mol. The van der Waals surface area contributed by atoms with E-state index >= 15 is 0 Å². The first-order chi connectivity index (χ1) is 7.11. The minimum Gasteiger partial charge on any atom is -0.311 e. The number of hydrogen-bond acceptors (Lipinski definition) is 2. The lowest BCUT2D eigenvalue weighted by Crippen LogP contribution is -2.11. The molecule has 1 rings (SSSR count). The maximum atomic E-state index is 11.1. The van der Waals surface area contributed by atoms with E-state index in [1.54, 1.807) is 0 Å². The van der Waals surface area contributed by atoms with E-state index in [1.807, 2.05) is 46.8 Å². The van der Waals surface area contributed by atoms with E-state index in [2.05, 4.69) is 10.3 Å². The van der Waals surface area contributed by atoms with E-state index in [9.17, 15) is 4.79 Å². The Morgan fingerprint density at radius 3 is 2.40 bits per heavy atom. The first-order valence-electron chi connectivity index (χ1n) is 5.37. The van der Waals surface area contributed by atoms with Gasteiger partial charge in [-0.05, 0) is 31.5 Å². The smallest absolute Gasteiger partial charge is 0.225 e. The number of rotatable bonds is 2. The second kappa shape index (κ2) is 6.98. The Morgan fingerprint density at radius 2 is 1.93 bits per heavy atom. The van der Waals surface area contributed by atoms with Gasteiger partial charge >= 0.3 is 0 Å². The molecule has 0 spiro atoms. The van der Waals surface area contributed by atoms with Crippen LogP contribution in [0.3, 0.4) is 0 Å². The molecule has 0 atom stereocenters. The van der Waals surface area contributed by atoms with Crippen LogP contribution in [0.25, 0.3) is 0 Å². The van der Waals surface area contributed by atoms with Crippen molar-refractivity contribution in [3.05, 3.63) is 23.4 Å². The molecular formula is C12H20N2O. The molecule has 0 unspecified atom stereocenters. The summed E-state index contributed by atoms with van der Waals surface area (Å²) >= 11 is 0. The fourth-order valence-electron chi connectivity index (χ4n) is 1.14. The van der Waals surface area contributed by atoms with Gasteiger partial charge in [-0.15, -0.1) is 0 Å². The van der Waals surface area contributed by atoms with Crippen LogP contribution >= 0.6 is 0 Å². The SMILES string of the molecule is CC.CCC(=O)Nc1cc(C)cc(C)n1. The van der Waals surface area contributed by atoms with Crippen molar-refractivity contribution in [1.29, 1.82) is 0 Å². The molecule has 0 aliphatic heterocycles. The molecule has 1 aromatic heterocycles. The molecule has 3 nitrogen and oxygen atoms in total. The van der Waals surface area contributed by atoms with E-state index in [-0.39, 0.29) is 5.91 Å². The summed E-state index contributed by atoms with van der Waals surface area (Å²) in [5.41, 5.74) is 2.03. The second-order valence-electron chi connectivity index (χ2n) is 3.07. The Labute approximate surface area is 91.9 Å². The van der Waals surface area contributed by atoms with Crippen molar-refractivity contribution < 1.29 is 4.79 Å². The van der Waals surface area contributed by atoms with Gasteiger partial charge in [0.15, 0.2) is 0 Å². The minimum atomic E-state index is -0.00231. The Balaban J connectivity index is 0.000000921. The molecule has 1 amide bonds. The first-order valence-corrected chi connectivity index (χ1v) is 5.37. The molecule has 1 aromatic rings. The Kier molecular flexibility index (Phi) is 6.34. The van der Waals surface area contributed by atoms with Gasteiger partial charge in [-0.25, -0.2) is 4.98 Å². The zero-order valence-electron chi connectivity index (χ0n) is 10.2. The number of nitrogens with zero attached hydrogens (tertiary/aromatic N) is 1. The topological polar surface area (TPSA) is 42.0 Å². The summed E-state index contributed by atoms with van der Waals surface area (Å²) in [6.07, 6.45) is 0.481. The van der Waals surface area contributed by atoms with Crippen molar-refractivity contribution in [3.8, 4) is 0 Å². The number of amides is 1. The van der Waals surface area contributed by atoms with E-state index < -0.39 is 0 Å². The number of anilines is 1. The van der Waals surface area contributed by atoms with Crippen LogP contribution in [0.1, 0.15) is 38.4 Å². The molecule has 1 N–H and O–H groups in total. The van der Waals surface area contributed by atoms with Crippen molar-refractivity contribution >= 4 is 11.7 Å². The van der Waals surface area contributed by atoms with E-state index in [0.29, 0.717) is 12.2 Å². The average molecular weight is 208 g/mol. The summed E-state index contributed by atoms with van der Waals surface area (Å²) in [6.45, 7) is 9.71. The second-order valence-corrected chi connectivity index (χ2v) is 3.07. The number of hydrogen-bond donors (Lipinski definition) is 1.